The van der Waals surface area contributed by atoms with Gasteiger partial charge in [-0.3, -0.25) is 10.2 Å². The van der Waals surface area contributed by atoms with Crippen LogP contribution in [0.15, 0.2) is 18.2 Å². The summed E-state index contributed by atoms with van der Waals surface area (Å²) in [7, 11) is 0. The summed E-state index contributed by atoms with van der Waals surface area (Å²) >= 11 is 1.45. The van der Waals surface area contributed by atoms with Crippen molar-refractivity contribution >= 4 is 38.3 Å². The van der Waals surface area contributed by atoms with Gasteiger partial charge in [-0.25, -0.2) is 10.8 Å². The molecule has 1 aromatic carbocycles. The van der Waals surface area contributed by atoms with Crippen molar-refractivity contribution in [1.82, 2.24) is 4.98 Å². The molecule has 2 rings (SSSR count). The molecule has 4 N–H and O–H groups in total. The summed E-state index contributed by atoms with van der Waals surface area (Å²) in [6.07, 6.45) is 1.38. The number of amides is 1. The average Bonchev–Trinajstić information content (AvgIpc) is 2.71. The topological polar surface area (TPSA) is 80.0 Å². The highest BCUT2D eigenvalue weighted by molar-refractivity contribution is 7.22. The smallest absolute Gasteiger partial charge is 0.224 e. The van der Waals surface area contributed by atoms with E-state index in [9.17, 15) is 4.79 Å². The Labute approximate surface area is 103 Å². The lowest BCUT2D eigenvalue weighted by Crippen LogP contribution is -2.10. The zero-order valence-corrected chi connectivity index (χ0v) is 10.3. The lowest BCUT2D eigenvalue weighted by atomic mass is 10.2. The summed E-state index contributed by atoms with van der Waals surface area (Å²) in [5.74, 6) is 5.34. The molecule has 1 aromatic heterocycles. The van der Waals surface area contributed by atoms with Gasteiger partial charge in [-0.2, -0.15) is 0 Å². The summed E-state index contributed by atoms with van der Waals surface area (Å²) in [6.45, 7) is 1.98. The fraction of sp³-hybridized carbons (Fsp3) is 0.273. The Bertz CT molecular complexity index is 537. The number of benzene rings is 1. The van der Waals surface area contributed by atoms with Crippen molar-refractivity contribution in [3.63, 3.8) is 0 Å². The number of aromatic nitrogens is 1. The maximum absolute atomic E-state index is 11.5. The van der Waals surface area contributed by atoms with Crippen LogP contribution < -0.4 is 16.6 Å². The predicted octanol–water partition coefficient (Wildman–Crippen LogP) is 2.32. The van der Waals surface area contributed by atoms with E-state index in [1.165, 1.54) is 11.3 Å². The molecule has 0 atom stereocenters. The van der Waals surface area contributed by atoms with Gasteiger partial charge >= 0.3 is 0 Å². The summed E-state index contributed by atoms with van der Waals surface area (Å²) in [5, 5.41) is 3.51. The maximum atomic E-state index is 11.5. The van der Waals surface area contributed by atoms with Gasteiger partial charge in [0.1, 0.15) is 0 Å². The highest BCUT2D eigenvalue weighted by atomic mass is 32.1. The number of nitrogen functional groups attached to an aromatic ring is 1. The second kappa shape index (κ2) is 5.11. The molecule has 1 amide bonds. The van der Waals surface area contributed by atoms with Crippen LogP contribution in [-0.4, -0.2) is 10.9 Å². The van der Waals surface area contributed by atoms with Gasteiger partial charge in [-0.05, 0) is 24.6 Å². The molecule has 0 spiro atoms. The van der Waals surface area contributed by atoms with Crippen LogP contribution in [0, 0.1) is 0 Å². The molecule has 17 heavy (non-hydrogen) atoms. The number of nitrogens with one attached hydrogen (secondary N) is 2. The molecule has 0 fully saturated rings. The van der Waals surface area contributed by atoms with E-state index < -0.39 is 0 Å². The molecule has 0 saturated carbocycles. The standard InChI is InChI=1S/C11H14N4OS/c1-2-3-10(16)13-7-4-5-8-9(6-7)17-11(14-8)15-12/h4-6H,2-3,12H2,1H3,(H,13,16)(H,14,15). The molecule has 0 aliphatic carbocycles. The summed E-state index contributed by atoms with van der Waals surface area (Å²) in [6, 6.07) is 5.62. The van der Waals surface area contributed by atoms with Gasteiger partial charge in [-0.15, -0.1) is 0 Å². The number of hydrogen-bond acceptors (Lipinski definition) is 5. The third-order valence-corrected chi connectivity index (χ3v) is 3.22. The minimum Gasteiger partial charge on any atom is -0.326 e. The number of anilines is 2. The number of nitrogens with zero attached hydrogens (tertiary/aromatic N) is 1. The molecule has 0 bridgehead atoms. The predicted molar refractivity (Wildman–Crippen MR) is 71.0 cm³/mol. The Hall–Kier alpha value is -1.66. The van der Waals surface area contributed by atoms with Crippen LogP contribution in [0.4, 0.5) is 10.8 Å². The minimum absolute atomic E-state index is 0.0357. The van der Waals surface area contributed by atoms with Crippen LogP contribution in [0.25, 0.3) is 10.2 Å². The van der Waals surface area contributed by atoms with Crippen molar-refractivity contribution < 1.29 is 4.79 Å². The molecular weight excluding hydrogens is 236 g/mol. The Balaban J connectivity index is 2.21. The van der Waals surface area contributed by atoms with E-state index in [1.54, 1.807) is 0 Å². The first-order valence-corrected chi connectivity index (χ1v) is 6.21. The van der Waals surface area contributed by atoms with E-state index in [-0.39, 0.29) is 5.91 Å². The quantitative estimate of drug-likeness (QED) is 0.574. The number of fused-ring (bicyclic) bond motifs is 1. The second-order valence-electron chi connectivity index (χ2n) is 3.64. The van der Waals surface area contributed by atoms with Crippen molar-refractivity contribution in [2.75, 3.05) is 10.7 Å². The first-order valence-electron chi connectivity index (χ1n) is 5.40. The monoisotopic (exact) mass is 250 g/mol. The SMILES string of the molecule is CCCC(=O)Nc1ccc2nc(NN)sc2c1. The van der Waals surface area contributed by atoms with Crippen molar-refractivity contribution in [2.45, 2.75) is 19.8 Å². The fourth-order valence-corrected chi connectivity index (χ4v) is 2.33. The second-order valence-corrected chi connectivity index (χ2v) is 4.67. The molecule has 0 saturated heterocycles. The van der Waals surface area contributed by atoms with Crippen LogP contribution >= 0.6 is 11.3 Å². The summed E-state index contributed by atoms with van der Waals surface area (Å²) in [4.78, 5) is 15.7. The number of nitrogens with two attached hydrogens (primary N) is 1. The fourth-order valence-electron chi connectivity index (χ4n) is 1.51. The van der Waals surface area contributed by atoms with Crippen LogP contribution in [0.5, 0.6) is 0 Å². The molecule has 6 heteroatoms. The van der Waals surface area contributed by atoms with Crippen LogP contribution in [-0.2, 0) is 4.79 Å². The lowest BCUT2D eigenvalue weighted by molar-refractivity contribution is -0.116. The number of carbonyl (C=O) groups is 1. The number of hydrazine groups is 1. The van der Waals surface area contributed by atoms with Crippen LogP contribution in [0.2, 0.25) is 0 Å². The van der Waals surface area contributed by atoms with Crippen molar-refractivity contribution in [3.8, 4) is 0 Å². The largest absolute Gasteiger partial charge is 0.326 e. The van der Waals surface area contributed by atoms with Gasteiger partial charge in [0, 0.05) is 12.1 Å². The van der Waals surface area contributed by atoms with Crippen LogP contribution in [0.3, 0.4) is 0 Å². The molecule has 0 unspecified atom stereocenters. The first kappa shape index (κ1) is 11.8. The molecule has 5 nitrogen and oxygen atoms in total. The van der Waals surface area contributed by atoms with Gasteiger partial charge in [0.05, 0.1) is 10.2 Å². The van der Waals surface area contributed by atoms with Gasteiger partial charge in [0.15, 0.2) is 5.13 Å². The average molecular weight is 250 g/mol. The van der Waals surface area contributed by atoms with Crippen molar-refractivity contribution in [2.24, 2.45) is 5.84 Å². The number of carbonyl (C=O) groups excluding carboxylic acids is 1. The highest BCUT2D eigenvalue weighted by Gasteiger charge is 2.05. The maximum Gasteiger partial charge on any atom is 0.224 e. The number of thiazole rings is 1. The summed E-state index contributed by atoms with van der Waals surface area (Å²) in [5.41, 5.74) is 4.18. The van der Waals surface area contributed by atoms with Gasteiger partial charge in [0.25, 0.3) is 0 Å². The van der Waals surface area contributed by atoms with E-state index in [4.69, 9.17) is 5.84 Å². The van der Waals surface area contributed by atoms with E-state index in [0.29, 0.717) is 11.6 Å². The molecular formula is C11H14N4OS. The Kier molecular flexibility index (Phi) is 3.55. The van der Waals surface area contributed by atoms with Gasteiger partial charge < -0.3 is 5.32 Å². The molecule has 1 heterocycles. The zero-order valence-electron chi connectivity index (χ0n) is 9.49. The van der Waals surface area contributed by atoms with Gasteiger partial charge in [-0.1, -0.05) is 18.3 Å². The minimum atomic E-state index is 0.0357. The Morgan fingerprint density at radius 2 is 2.35 bits per heavy atom. The Morgan fingerprint density at radius 3 is 3.06 bits per heavy atom. The number of rotatable bonds is 4. The van der Waals surface area contributed by atoms with Gasteiger partial charge in [0.2, 0.25) is 5.91 Å². The molecule has 0 aliphatic heterocycles. The van der Waals surface area contributed by atoms with Crippen molar-refractivity contribution in [1.29, 1.82) is 0 Å². The molecule has 2 aromatic rings. The normalized spacial score (nSPS) is 10.5. The third kappa shape index (κ3) is 2.72. The highest BCUT2D eigenvalue weighted by Crippen LogP contribution is 2.27. The Morgan fingerprint density at radius 1 is 1.53 bits per heavy atom. The van der Waals surface area contributed by atoms with E-state index in [2.05, 4.69) is 15.7 Å². The third-order valence-electron chi connectivity index (χ3n) is 2.27. The molecule has 90 valence electrons. The van der Waals surface area contributed by atoms with E-state index >= 15 is 0 Å². The molecule has 0 aliphatic rings. The van der Waals surface area contributed by atoms with Crippen molar-refractivity contribution in [3.05, 3.63) is 18.2 Å². The lowest BCUT2D eigenvalue weighted by Gasteiger charge is -2.03. The first-order chi connectivity index (χ1) is 8.22. The van der Waals surface area contributed by atoms with E-state index in [0.717, 1.165) is 22.3 Å². The summed E-state index contributed by atoms with van der Waals surface area (Å²) < 4.78 is 0.993. The molecule has 0 radical (unpaired) electrons. The number of hydrogen-bond donors (Lipinski definition) is 3. The zero-order chi connectivity index (χ0) is 12.3. The van der Waals surface area contributed by atoms with E-state index in [1.807, 2.05) is 25.1 Å². The van der Waals surface area contributed by atoms with Crippen LogP contribution in [0.1, 0.15) is 19.8 Å².